The van der Waals surface area contributed by atoms with Gasteiger partial charge >= 0.3 is 6.18 Å². The number of amides is 1. The lowest BCUT2D eigenvalue weighted by atomic mass is 10.2. The molecular formula is C13H23F3N2O2. The zero-order valence-electron chi connectivity index (χ0n) is 11.9. The number of hydrogen-bond donors (Lipinski definition) is 0. The van der Waals surface area contributed by atoms with Crippen molar-refractivity contribution in [1.82, 2.24) is 9.80 Å². The van der Waals surface area contributed by atoms with Crippen LogP contribution in [0, 0.1) is 0 Å². The summed E-state index contributed by atoms with van der Waals surface area (Å²) in [5, 5.41) is 0. The minimum Gasteiger partial charge on any atom is -0.382 e. The second-order valence-corrected chi connectivity index (χ2v) is 4.93. The van der Waals surface area contributed by atoms with E-state index in [4.69, 9.17) is 4.74 Å². The molecule has 7 heteroatoms. The maximum absolute atomic E-state index is 12.3. The summed E-state index contributed by atoms with van der Waals surface area (Å²) in [6.07, 6.45) is -2.52. The molecule has 0 unspecified atom stereocenters. The van der Waals surface area contributed by atoms with E-state index in [2.05, 4.69) is 0 Å². The normalized spacial score (nSPS) is 18.1. The van der Waals surface area contributed by atoms with Gasteiger partial charge in [-0.15, -0.1) is 0 Å². The largest absolute Gasteiger partial charge is 0.401 e. The molecule has 1 heterocycles. The third-order valence-corrected chi connectivity index (χ3v) is 3.23. The van der Waals surface area contributed by atoms with E-state index in [1.54, 1.807) is 4.90 Å². The predicted octanol–water partition coefficient (Wildman–Crippen LogP) is 1.90. The third-order valence-electron chi connectivity index (χ3n) is 3.23. The van der Waals surface area contributed by atoms with Gasteiger partial charge in [0.2, 0.25) is 5.91 Å². The van der Waals surface area contributed by atoms with Gasteiger partial charge in [0.15, 0.2) is 0 Å². The first kappa shape index (κ1) is 17.2. The van der Waals surface area contributed by atoms with E-state index in [1.807, 2.05) is 6.92 Å². The highest BCUT2D eigenvalue weighted by Gasteiger charge is 2.31. The minimum atomic E-state index is -4.17. The van der Waals surface area contributed by atoms with Gasteiger partial charge in [0.1, 0.15) is 0 Å². The molecule has 118 valence electrons. The maximum atomic E-state index is 12.3. The zero-order valence-corrected chi connectivity index (χ0v) is 11.9. The van der Waals surface area contributed by atoms with Crippen molar-refractivity contribution in [3.63, 3.8) is 0 Å². The number of carbonyl (C=O) groups is 1. The van der Waals surface area contributed by atoms with Crippen LogP contribution in [0.2, 0.25) is 0 Å². The first-order chi connectivity index (χ1) is 9.42. The van der Waals surface area contributed by atoms with Gasteiger partial charge in [0.05, 0.1) is 6.54 Å². The molecule has 1 aliphatic rings. The van der Waals surface area contributed by atoms with E-state index in [1.165, 1.54) is 4.90 Å². The van der Waals surface area contributed by atoms with Gasteiger partial charge in [-0.2, -0.15) is 13.2 Å². The molecule has 1 fully saturated rings. The van der Waals surface area contributed by atoms with Crippen molar-refractivity contribution in [1.29, 1.82) is 0 Å². The van der Waals surface area contributed by atoms with Gasteiger partial charge in [0.25, 0.3) is 0 Å². The molecule has 0 atom stereocenters. The molecule has 20 heavy (non-hydrogen) atoms. The first-order valence-electron chi connectivity index (χ1n) is 7.07. The van der Waals surface area contributed by atoms with Crippen LogP contribution >= 0.6 is 0 Å². The van der Waals surface area contributed by atoms with Crippen molar-refractivity contribution < 1.29 is 22.7 Å². The van der Waals surface area contributed by atoms with Crippen LogP contribution in [0.1, 0.15) is 26.2 Å². The van der Waals surface area contributed by atoms with Crippen molar-refractivity contribution in [2.24, 2.45) is 0 Å². The smallest absolute Gasteiger partial charge is 0.382 e. The topological polar surface area (TPSA) is 32.8 Å². The van der Waals surface area contributed by atoms with E-state index in [-0.39, 0.29) is 12.5 Å². The van der Waals surface area contributed by atoms with Crippen LogP contribution in [0.15, 0.2) is 0 Å². The van der Waals surface area contributed by atoms with E-state index in [9.17, 15) is 18.0 Å². The summed E-state index contributed by atoms with van der Waals surface area (Å²) < 4.78 is 42.2. The van der Waals surface area contributed by atoms with Crippen molar-refractivity contribution in [2.75, 3.05) is 45.9 Å². The molecule has 0 aromatic rings. The number of rotatable bonds is 6. The average molecular weight is 296 g/mol. The lowest BCUT2D eigenvalue weighted by molar-refractivity contribution is -0.145. The van der Waals surface area contributed by atoms with Crippen LogP contribution in [-0.4, -0.2) is 67.8 Å². The molecule has 0 N–H and O–H groups in total. The number of carbonyl (C=O) groups excluding carboxylic acids is 1. The molecule has 1 aliphatic heterocycles. The fourth-order valence-electron chi connectivity index (χ4n) is 2.26. The van der Waals surface area contributed by atoms with Crippen molar-refractivity contribution >= 4 is 5.91 Å². The lowest BCUT2D eigenvalue weighted by Gasteiger charge is -2.22. The van der Waals surface area contributed by atoms with Crippen LogP contribution in [0.5, 0.6) is 0 Å². The number of halogens is 3. The Balaban J connectivity index is 2.30. The Labute approximate surface area is 117 Å². The van der Waals surface area contributed by atoms with Gasteiger partial charge in [-0.05, 0) is 19.8 Å². The molecule has 0 saturated carbocycles. The summed E-state index contributed by atoms with van der Waals surface area (Å²) >= 11 is 0. The van der Waals surface area contributed by atoms with Gasteiger partial charge in [-0.1, -0.05) is 0 Å². The molecule has 0 aromatic carbocycles. The maximum Gasteiger partial charge on any atom is 0.401 e. The summed E-state index contributed by atoms with van der Waals surface area (Å²) in [4.78, 5) is 15.0. The van der Waals surface area contributed by atoms with E-state index in [0.717, 1.165) is 0 Å². The second kappa shape index (κ2) is 8.46. The van der Waals surface area contributed by atoms with Crippen molar-refractivity contribution in [3.8, 4) is 0 Å². The van der Waals surface area contributed by atoms with Gasteiger partial charge in [-0.3, -0.25) is 9.69 Å². The third kappa shape index (κ3) is 7.09. The number of ether oxygens (including phenoxy) is 1. The highest BCUT2D eigenvalue weighted by atomic mass is 19.4. The van der Waals surface area contributed by atoms with Crippen LogP contribution in [0.3, 0.4) is 0 Å². The lowest BCUT2D eigenvalue weighted by Crippen LogP contribution is -2.38. The molecular weight excluding hydrogens is 273 g/mol. The van der Waals surface area contributed by atoms with E-state index in [0.29, 0.717) is 52.1 Å². The number of hydrogen-bond acceptors (Lipinski definition) is 3. The van der Waals surface area contributed by atoms with Crippen LogP contribution in [0.4, 0.5) is 13.2 Å². The molecule has 4 nitrogen and oxygen atoms in total. The zero-order chi connectivity index (χ0) is 15.0. The van der Waals surface area contributed by atoms with E-state index < -0.39 is 12.7 Å². The van der Waals surface area contributed by atoms with Gasteiger partial charge in [-0.25, -0.2) is 0 Å². The Morgan fingerprint density at radius 2 is 1.95 bits per heavy atom. The van der Waals surface area contributed by atoms with Crippen molar-refractivity contribution in [3.05, 3.63) is 0 Å². The van der Waals surface area contributed by atoms with Gasteiger partial charge < -0.3 is 9.64 Å². The Hall–Kier alpha value is -0.820. The summed E-state index contributed by atoms with van der Waals surface area (Å²) in [7, 11) is 0. The first-order valence-corrected chi connectivity index (χ1v) is 7.07. The summed E-state index contributed by atoms with van der Waals surface area (Å²) in [5.74, 6) is 0.0126. The minimum absolute atomic E-state index is 0.0126. The Morgan fingerprint density at radius 1 is 1.20 bits per heavy atom. The van der Waals surface area contributed by atoms with Crippen LogP contribution in [-0.2, 0) is 9.53 Å². The highest BCUT2D eigenvalue weighted by molar-refractivity contribution is 5.76. The molecule has 0 aromatic heterocycles. The molecule has 0 bridgehead atoms. The summed E-state index contributed by atoms with van der Waals surface area (Å²) in [6, 6.07) is 0. The monoisotopic (exact) mass is 296 g/mol. The number of nitrogens with zero attached hydrogens (tertiary/aromatic N) is 2. The standard InChI is InChI=1S/C13H23F3N2O2/c1-2-20-10-3-5-12(19)18-7-4-6-17(8-9-18)11-13(14,15)16/h2-11H2,1H3. The molecule has 0 radical (unpaired) electrons. The molecule has 0 spiro atoms. The summed E-state index contributed by atoms with van der Waals surface area (Å²) in [5.41, 5.74) is 0. The predicted molar refractivity (Wildman–Crippen MR) is 69.4 cm³/mol. The van der Waals surface area contributed by atoms with Crippen molar-refractivity contribution in [2.45, 2.75) is 32.4 Å². The Bertz CT molecular complexity index is 298. The molecule has 1 saturated heterocycles. The quantitative estimate of drug-likeness (QED) is 0.702. The van der Waals surface area contributed by atoms with Crippen LogP contribution in [0.25, 0.3) is 0 Å². The van der Waals surface area contributed by atoms with Gasteiger partial charge in [0, 0.05) is 45.8 Å². The highest BCUT2D eigenvalue weighted by Crippen LogP contribution is 2.17. The average Bonchev–Trinajstić information content (AvgIpc) is 2.58. The molecule has 1 amide bonds. The van der Waals surface area contributed by atoms with E-state index >= 15 is 0 Å². The SMILES string of the molecule is CCOCCCC(=O)N1CCCN(CC(F)(F)F)CC1. The Kier molecular flexibility index (Phi) is 7.29. The van der Waals surface area contributed by atoms with Crippen LogP contribution < -0.4 is 0 Å². The molecule has 1 rings (SSSR count). The fourth-order valence-corrected chi connectivity index (χ4v) is 2.26. The second-order valence-electron chi connectivity index (χ2n) is 4.93. The molecule has 0 aliphatic carbocycles. The summed E-state index contributed by atoms with van der Waals surface area (Å²) in [6.45, 7) is 3.79. The fraction of sp³-hybridized carbons (Fsp3) is 0.923. The number of alkyl halides is 3. The Morgan fingerprint density at radius 3 is 2.60 bits per heavy atom.